The molecule has 4 aromatic rings. The normalized spacial score (nSPS) is 14.6. The highest BCUT2D eigenvalue weighted by molar-refractivity contribution is 6.30. The van der Waals surface area contributed by atoms with Crippen LogP contribution < -0.4 is 10.6 Å². The minimum absolute atomic E-state index is 0.107. The third-order valence-corrected chi connectivity index (χ3v) is 8.43. The van der Waals surface area contributed by atoms with E-state index in [1.54, 1.807) is 24.3 Å². The van der Waals surface area contributed by atoms with Crippen molar-refractivity contribution in [3.05, 3.63) is 140 Å². The molecule has 0 heterocycles. The Kier molecular flexibility index (Phi) is 12.4. The number of hydrogen-bond acceptors (Lipinski definition) is 6. The Bertz CT molecular complexity index is 1360. The predicted octanol–water partition coefficient (Wildman–Crippen LogP) is 5.73. The summed E-state index contributed by atoms with van der Waals surface area (Å²) in [5, 5.41) is 50.7. The summed E-state index contributed by atoms with van der Waals surface area (Å²) in [6, 6.07) is 29.9. The van der Waals surface area contributed by atoms with E-state index in [9.17, 15) is 20.4 Å². The van der Waals surface area contributed by atoms with Gasteiger partial charge in [0.1, 0.15) is 5.60 Å². The summed E-state index contributed by atoms with van der Waals surface area (Å²) >= 11 is 12.1. The minimum Gasteiger partial charge on any atom is -0.393 e. The van der Waals surface area contributed by atoms with E-state index < -0.39 is 24.4 Å². The quantitative estimate of drug-likeness (QED) is 0.0996. The Balaban J connectivity index is 1.30. The van der Waals surface area contributed by atoms with Crippen molar-refractivity contribution in [3.63, 3.8) is 0 Å². The minimum atomic E-state index is -1.53. The van der Waals surface area contributed by atoms with Crippen LogP contribution in [0.2, 0.25) is 10.0 Å². The van der Waals surface area contributed by atoms with E-state index in [4.69, 9.17) is 23.2 Å². The second-order valence-corrected chi connectivity index (χ2v) is 12.5. The lowest BCUT2D eigenvalue weighted by Gasteiger charge is -2.28. The van der Waals surface area contributed by atoms with E-state index in [1.165, 1.54) is 0 Å². The summed E-state index contributed by atoms with van der Waals surface area (Å²) < 4.78 is 0. The molecule has 0 aliphatic heterocycles. The Morgan fingerprint density at radius 3 is 1.36 bits per heavy atom. The molecule has 0 amide bonds. The number of nitrogens with one attached hydrogen (secondary N) is 2. The van der Waals surface area contributed by atoms with Gasteiger partial charge in [-0.1, -0.05) is 96.0 Å². The Morgan fingerprint density at radius 1 is 0.636 bits per heavy atom. The SMILES string of the molecule is C[C@H](Cc1ccc(C(O)(CO)c2ccc(C[C@@H](C)NC[C@H](O)c3cccc(Cl)c3)cc2)cc1)NC[C@H](O)c1cccc(Cl)c1. The van der Waals surface area contributed by atoms with Gasteiger partial charge in [-0.05, 0) is 84.3 Å². The summed E-state index contributed by atoms with van der Waals surface area (Å²) in [5.41, 5.74) is 3.37. The van der Waals surface area contributed by atoms with Crippen molar-refractivity contribution in [2.45, 2.75) is 56.6 Å². The molecule has 0 radical (unpaired) electrons. The highest BCUT2D eigenvalue weighted by atomic mass is 35.5. The molecule has 4 atom stereocenters. The molecule has 0 spiro atoms. The molecule has 234 valence electrons. The summed E-state index contributed by atoms with van der Waals surface area (Å²) in [6.45, 7) is 4.47. The smallest absolute Gasteiger partial charge is 0.138 e. The van der Waals surface area contributed by atoms with E-state index in [0.29, 0.717) is 34.3 Å². The molecule has 0 aliphatic rings. The van der Waals surface area contributed by atoms with Gasteiger partial charge in [0.05, 0.1) is 18.8 Å². The zero-order valence-corrected chi connectivity index (χ0v) is 26.6. The maximum Gasteiger partial charge on any atom is 0.138 e. The Hall–Kier alpha value is -2.78. The average molecular weight is 638 g/mol. The number of aliphatic hydroxyl groups is 4. The monoisotopic (exact) mass is 636 g/mol. The first kappa shape index (κ1) is 34.1. The van der Waals surface area contributed by atoms with Gasteiger partial charge in [-0.2, -0.15) is 0 Å². The van der Waals surface area contributed by atoms with Gasteiger partial charge in [-0.25, -0.2) is 0 Å². The summed E-state index contributed by atoms with van der Waals surface area (Å²) in [5.74, 6) is 0. The highest BCUT2D eigenvalue weighted by Gasteiger charge is 2.31. The van der Waals surface area contributed by atoms with Crippen molar-refractivity contribution in [1.29, 1.82) is 0 Å². The second-order valence-electron chi connectivity index (χ2n) is 11.6. The summed E-state index contributed by atoms with van der Waals surface area (Å²) in [7, 11) is 0. The van der Waals surface area contributed by atoms with E-state index in [0.717, 1.165) is 35.1 Å². The number of halogens is 2. The number of hydrogen-bond donors (Lipinski definition) is 6. The maximum atomic E-state index is 11.5. The third kappa shape index (κ3) is 9.36. The first-order valence-corrected chi connectivity index (χ1v) is 15.7. The predicted molar refractivity (Wildman–Crippen MR) is 178 cm³/mol. The van der Waals surface area contributed by atoms with Crippen LogP contribution in [0.4, 0.5) is 0 Å². The number of aliphatic hydroxyl groups excluding tert-OH is 3. The molecule has 0 aromatic heterocycles. The molecular formula is C36H42Cl2N2O4. The molecular weight excluding hydrogens is 595 g/mol. The van der Waals surface area contributed by atoms with Crippen LogP contribution >= 0.6 is 23.2 Å². The fourth-order valence-corrected chi connectivity index (χ4v) is 5.72. The van der Waals surface area contributed by atoms with Gasteiger partial charge < -0.3 is 31.1 Å². The number of rotatable bonds is 15. The molecule has 0 saturated carbocycles. The molecule has 8 heteroatoms. The molecule has 0 unspecified atom stereocenters. The van der Waals surface area contributed by atoms with Crippen molar-refractivity contribution in [2.24, 2.45) is 0 Å². The van der Waals surface area contributed by atoms with Crippen molar-refractivity contribution in [3.8, 4) is 0 Å². The summed E-state index contributed by atoms with van der Waals surface area (Å²) in [4.78, 5) is 0. The van der Waals surface area contributed by atoms with Gasteiger partial charge in [0.25, 0.3) is 0 Å². The fourth-order valence-electron chi connectivity index (χ4n) is 5.32. The van der Waals surface area contributed by atoms with Crippen LogP contribution in [0.5, 0.6) is 0 Å². The van der Waals surface area contributed by atoms with Crippen molar-refractivity contribution < 1.29 is 20.4 Å². The lowest BCUT2D eigenvalue weighted by molar-refractivity contribution is 0.0172. The Labute approximate surface area is 270 Å². The molecule has 4 aromatic carbocycles. The lowest BCUT2D eigenvalue weighted by Crippen LogP contribution is -2.33. The molecule has 0 fully saturated rings. The standard InChI is InChI=1S/C36H42Cl2N2O4/c1-24(39-21-34(42)28-5-3-7-32(37)19-28)17-26-9-13-30(14-10-26)36(44,23-41)31-15-11-27(12-16-31)18-25(2)40-22-35(43)29-6-4-8-33(38)20-29/h3-16,19-20,24-25,34-35,39-44H,17-18,21-23H2,1-2H3/t24-,25-,34+,35+/m1/s1. The van der Waals surface area contributed by atoms with E-state index >= 15 is 0 Å². The van der Waals surface area contributed by atoms with Gasteiger partial charge in [0, 0.05) is 35.2 Å². The first-order chi connectivity index (χ1) is 21.1. The van der Waals surface area contributed by atoms with Gasteiger partial charge in [0.2, 0.25) is 0 Å². The van der Waals surface area contributed by atoms with Crippen LogP contribution in [-0.4, -0.2) is 52.2 Å². The largest absolute Gasteiger partial charge is 0.393 e. The van der Waals surface area contributed by atoms with Gasteiger partial charge in [0.15, 0.2) is 0 Å². The third-order valence-electron chi connectivity index (χ3n) is 7.96. The molecule has 0 bridgehead atoms. The summed E-state index contributed by atoms with van der Waals surface area (Å²) in [6.07, 6.45) is 0.155. The van der Waals surface area contributed by atoms with Crippen LogP contribution in [0.3, 0.4) is 0 Å². The highest BCUT2D eigenvalue weighted by Crippen LogP contribution is 2.30. The van der Waals surface area contributed by atoms with Gasteiger partial charge >= 0.3 is 0 Å². The molecule has 6 nitrogen and oxygen atoms in total. The van der Waals surface area contributed by atoms with Crippen molar-refractivity contribution in [2.75, 3.05) is 19.7 Å². The maximum absolute atomic E-state index is 11.5. The second kappa shape index (κ2) is 16.0. The van der Waals surface area contributed by atoms with Crippen molar-refractivity contribution in [1.82, 2.24) is 10.6 Å². The fraction of sp³-hybridized carbons (Fsp3) is 0.333. The Morgan fingerprint density at radius 2 is 1.02 bits per heavy atom. The lowest BCUT2D eigenvalue weighted by atomic mass is 9.85. The molecule has 6 N–H and O–H groups in total. The van der Waals surface area contributed by atoms with Crippen LogP contribution in [0.25, 0.3) is 0 Å². The van der Waals surface area contributed by atoms with Crippen molar-refractivity contribution >= 4 is 23.2 Å². The first-order valence-electron chi connectivity index (χ1n) is 14.9. The topological polar surface area (TPSA) is 105 Å². The van der Waals surface area contributed by atoms with E-state index in [1.807, 2.05) is 72.8 Å². The molecule has 0 saturated heterocycles. The molecule has 4 rings (SSSR count). The zero-order chi connectivity index (χ0) is 31.7. The van der Waals surface area contributed by atoms with Crippen LogP contribution in [0, 0.1) is 0 Å². The van der Waals surface area contributed by atoms with E-state index in [-0.39, 0.29) is 12.1 Å². The van der Waals surface area contributed by atoms with Crippen LogP contribution in [-0.2, 0) is 18.4 Å². The average Bonchev–Trinajstić information content (AvgIpc) is 3.02. The van der Waals surface area contributed by atoms with Crippen LogP contribution in [0.15, 0.2) is 97.1 Å². The zero-order valence-electron chi connectivity index (χ0n) is 25.1. The van der Waals surface area contributed by atoms with Gasteiger partial charge in [-0.15, -0.1) is 0 Å². The van der Waals surface area contributed by atoms with Gasteiger partial charge in [-0.3, -0.25) is 0 Å². The molecule has 0 aliphatic carbocycles. The van der Waals surface area contributed by atoms with Crippen LogP contribution in [0.1, 0.15) is 59.4 Å². The number of benzene rings is 4. The molecule has 44 heavy (non-hydrogen) atoms. The van der Waals surface area contributed by atoms with E-state index in [2.05, 4.69) is 24.5 Å².